The topological polar surface area (TPSA) is 24.1 Å². The molecule has 0 unspecified atom stereocenters. The highest BCUT2D eigenvalue weighted by molar-refractivity contribution is 6.67. The second-order valence-electron chi connectivity index (χ2n) is 6.65. The molecule has 0 saturated carbocycles. The largest absolute Gasteiger partial charge is 0.409 e. The molecule has 1 aliphatic rings. The van der Waals surface area contributed by atoms with Gasteiger partial charge in [-0.3, -0.25) is 0 Å². The highest BCUT2D eigenvalue weighted by Gasteiger charge is 2.24. The quantitative estimate of drug-likeness (QED) is 0.763. The standard InChI is InChI=1S/C16H21BN2/c1-16(2,3)10-11-17-18-13-8-4-6-12-7-5-9-14(19-17)15(12)13/h4-9,18-19H,10-11H2,1-3H3. The molecule has 0 saturated heterocycles. The van der Waals surface area contributed by atoms with E-state index in [4.69, 9.17) is 0 Å². The Balaban J connectivity index is 1.87. The molecule has 2 aromatic carbocycles. The Labute approximate surface area is 115 Å². The van der Waals surface area contributed by atoms with Gasteiger partial charge in [-0.25, -0.2) is 0 Å². The average molecular weight is 252 g/mol. The van der Waals surface area contributed by atoms with Crippen molar-refractivity contribution in [2.45, 2.75) is 33.5 Å². The van der Waals surface area contributed by atoms with E-state index < -0.39 is 0 Å². The van der Waals surface area contributed by atoms with Crippen LogP contribution in [-0.4, -0.2) is 6.98 Å². The number of hydrogen-bond acceptors (Lipinski definition) is 2. The SMILES string of the molecule is CC(C)(C)CCB1Nc2cccc3cccc(c23)N1. The van der Waals surface area contributed by atoms with Crippen LogP contribution >= 0.6 is 0 Å². The van der Waals surface area contributed by atoms with Crippen LogP contribution in [0.5, 0.6) is 0 Å². The van der Waals surface area contributed by atoms with E-state index in [2.05, 4.69) is 67.6 Å². The third-order valence-electron chi connectivity index (χ3n) is 3.75. The van der Waals surface area contributed by atoms with Crippen molar-refractivity contribution >= 4 is 29.1 Å². The van der Waals surface area contributed by atoms with Gasteiger partial charge in [0.25, 0.3) is 0 Å². The summed E-state index contributed by atoms with van der Waals surface area (Å²) in [7, 11) is 0. The summed E-state index contributed by atoms with van der Waals surface area (Å²) < 4.78 is 0. The Morgan fingerprint density at radius 1 is 0.947 bits per heavy atom. The van der Waals surface area contributed by atoms with Crippen molar-refractivity contribution in [2.75, 3.05) is 10.5 Å². The molecule has 0 fully saturated rings. The van der Waals surface area contributed by atoms with Gasteiger partial charge in [0.05, 0.1) is 0 Å². The van der Waals surface area contributed by atoms with Crippen LogP contribution in [0.1, 0.15) is 27.2 Å². The molecule has 98 valence electrons. The first-order valence-electron chi connectivity index (χ1n) is 7.08. The van der Waals surface area contributed by atoms with Gasteiger partial charge in [-0.2, -0.15) is 0 Å². The van der Waals surface area contributed by atoms with Crippen LogP contribution in [0.4, 0.5) is 11.4 Å². The molecule has 3 rings (SSSR count). The lowest BCUT2D eigenvalue weighted by Gasteiger charge is -2.28. The van der Waals surface area contributed by atoms with Gasteiger partial charge in [0.2, 0.25) is 0 Å². The Morgan fingerprint density at radius 2 is 1.53 bits per heavy atom. The molecule has 0 aromatic heterocycles. The van der Waals surface area contributed by atoms with Crippen LogP contribution in [-0.2, 0) is 0 Å². The van der Waals surface area contributed by atoms with Crippen molar-refractivity contribution in [3.63, 3.8) is 0 Å². The zero-order chi connectivity index (χ0) is 13.5. The molecule has 0 atom stereocenters. The Bertz CT molecular complexity index is 560. The molecule has 19 heavy (non-hydrogen) atoms. The molecule has 0 aliphatic carbocycles. The van der Waals surface area contributed by atoms with Gasteiger partial charge in [-0.05, 0) is 29.3 Å². The molecule has 3 heteroatoms. The molecular formula is C16H21BN2. The van der Waals surface area contributed by atoms with Gasteiger partial charge in [-0.15, -0.1) is 0 Å². The summed E-state index contributed by atoms with van der Waals surface area (Å²) in [5, 5.41) is 9.86. The van der Waals surface area contributed by atoms with Gasteiger partial charge in [0.1, 0.15) is 0 Å². The average Bonchev–Trinajstić information content (AvgIpc) is 2.36. The van der Waals surface area contributed by atoms with Gasteiger partial charge in [-0.1, -0.05) is 51.5 Å². The van der Waals surface area contributed by atoms with Gasteiger partial charge >= 0.3 is 6.98 Å². The van der Waals surface area contributed by atoms with Crippen LogP contribution in [0.15, 0.2) is 36.4 Å². The first-order valence-corrected chi connectivity index (χ1v) is 7.08. The molecule has 0 spiro atoms. The Hall–Kier alpha value is -1.64. The maximum atomic E-state index is 3.62. The summed E-state index contributed by atoms with van der Waals surface area (Å²) in [6, 6.07) is 12.9. The van der Waals surface area contributed by atoms with E-state index in [0.29, 0.717) is 12.4 Å². The molecule has 0 amide bonds. The molecule has 1 heterocycles. The Kier molecular flexibility index (Phi) is 2.92. The third kappa shape index (κ3) is 2.55. The monoisotopic (exact) mass is 252 g/mol. The van der Waals surface area contributed by atoms with Crippen molar-refractivity contribution in [3.05, 3.63) is 36.4 Å². The van der Waals surface area contributed by atoms with Gasteiger partial charge in [0.15, 0.2) is 0 Å². The van der Waals surface area contributed by atoms with E-state index in [9.17, 15) is 0 Å². The molecule has 2 aromatic rings. The molecule has 0 radical (unpaired) electrons. The molecular weight excluding hydrogens is 231 g/mol. The maximum absolute atomic E-state index is 3.62. The molecule has 2 nitrogen and oxygen atoms in total. The summed E-state index contributed by atoms with van der Waals surface area (Å²) in [4.78, 5) is 0. The fourth-order valence-electron chi connectivity index (χ4n) is 2.71. The number of benzene rings is 2. The highest BCUT2D eigenvalue weighted by Crippen LogP contribution is 2.35. The van der Waals surface area contributed by atoms with E-state index >= 15 is 0 Å². The minimum atomic E-state index is 0.333. The van der Waals surface area contributed by atoms with E-state index in [1.807, 2.05) is 0 Å². The maximum Gasteiger partial charge on any atom is 0.370 e. The second kappa shape index (κ2) is 4.48. The van der Waals surface area contributed by atoms with E-state index in [1.54, 1.807) is 0 Å². The highest BCUT2D eigenvalue weighted by atomic mass is 15.0. The van der Waals surface area contributed by atoms with Crippen LogP contribution < -0.4 is 10.5 Å². The van der Waals surface area contributed by atoms with Crippen LogP contribution in [0, 0.1) is 5.41 Å². The van der Waals surface area contributed by atoms with Crippen LogP contribution in [0.3, 0.4) is 0 Å². The Morgan fingerprint density at radius 3 is 2.05 bits per heavy atom. The fourth-order valence-corrected chi connectivity index (χ4v) is 2.71. The normalized spacial score (nSPS) is 14.2. The summed E-state index contributed by atoms with van der Waals surface area (Å²) in [6.45, 7) is 7.22. The van der Waals surface area contributed by atoms with Gasteiger partial charge in [0, 0.05) is 16.8 Å². The number of hydrogen-bond donors (Lipinski definition) is 2. The summed E-state index contributed by atoms with van der Waals surface area (Å²) in [5.74, 6) is 0. The molecule has 0 bridgehead atoms. The van der Waals surface area contributed by atoms with Gasteiger partial charge < -0.3 is 10.5 Å². The van der Waals surface area contributed by atoms with E-state index in [0.717, 1.165) is 6.32 Å². The summed E-state index contributed by atoms with van der Waals surface area (Å²) in [5.41, 5.74) is 2.89. The second-order valence-corrected chi connectivity index (χ2v) is 6.65. The van der Waals surface area contributed by atoms with Crippen LogP contribution in [0.25, 0.3) is 10.8 Å². The smallest absolute Gasteiger partial charge is 0.370 e. The fraction of sp³-hybridized carbons (Fsp3) is 0.375. The summed E-state index contributed by atoms with van der Waals surface area (Å²) >= 11 is 0. The third-order valence-corrected chi connectivity index (χ3v) is 3.75. The van der Waals surface area contributed by atoms with Crippen LogP contribution in [0.2, 0.25) is 6.32 Å². The lowest BCUT2D eigenvalue weighted by Crippen LogP contribution is -2.37. The lowest BCUT2D eigenvalue weighted by molar-refractivity contribution is 0.396. The van der Waals surface area contributed by atoms with Crippen molar-refractivity contribution in [1.82, 2.24) is 0 Å². The van der Waals surface area contributed by atoms with E-state index in [-0.39, 0.29) is 0 Å². The predicted molar refractivity (Wildman–Crippen MR) is 85.8 cm³/mol. The zero-order valence-corrected chi connectivity index (χ0v) is 12.0. The lowest BCUT2D eigenvalue weighted by atomic mass is 9.65. The number of anilines is 2. The first kappa shape index (κ1) is 12.4. The molecule has 1 aliphatic heterocycles. The summed E-state index contributed by atoms with van der Waals surface area (Å²) in [6.07, 6.45) is 2.34. The zero-order valence-electron chi connectivity index (χ0n) is 12.0. The van der Waals surface area contributed by atoms with Crippen molar-refractivity contribution < 1.29 is 0 Å². The number of rotatable bonds is 2. The number of nitrogens with one attached hydrogen (secondary N) is 2. The van der Waals surface area contributed by atoms with Crippen molar-refractivity contribution in [2.24, 2.45) is 5.41 Å². The minimum Gasteiger partial charge on any atom is -0.409 e. The first-order chi connectivity index (χ1) is 9.03. The van der Waals surface area contributed by atoms with Crippen molar-refractivity contribution in [3.8, 4) is 0 Å². The minimum absolute atomic E-state index is 0.333. The van der Waals surface area contributed by atoms with Crippen molar-refractivity contribution in [1.29, 1.82) is 0 Å². The molecule has 2 N–H and O–H groups in total. The van der Waals surface area contributed by atoms with E-state index in [1.165, 1.54) is 28.6 Å². The predicted octanol–water partition coefficient (Wildman–Crippen LogP) is 4.60.